The first-order valence-electron chi connectivity index (χ1n) is 7.17. The Balaban J connectivity index is 1.96. The molecule has 2 rings (SSSR count). The number of carboxylic acid groups (broad SMARTS) is 1. The molecule has 0 bridgehead atoms. The molecule has 1 aromatic carbocycles. The quantitative estimate of drug-likeness (QED) is 0.786. The molecule has 0 fully saturated rings. The first kappa shape index (κ1) is 17.1. The van der Waals surface area contributed by atoms with Crippen LogP contribution < -0.4 is 0 Å². The zero-order chi connectivity index (χ0) is 17.0. The molecular weight excluding hydrogens is 316 g/mol. The summed E-state index contributed by atoms with van der Waals surface area (Å²) in [6.45, 7) is 4.14. The molecule has 1 atom stereocenters. The smallest absolute Gasteiger partial charge is 0.371 e. The molecular formula is C17H18O5S. The minimum Gasteiger partial charge on any atom is -0.475 e. The van der Waals surface area contributed by atoms with Crippen LogP contribution in [-0.4, -0.2) is 26.8 Å². The number of furan rings is 1. The van der Waals surface area contributed by atoms with E-state index in [0.29, 0.717) is 17.2 Å². The number of carbonyl (C=O) groups is 2. The van der Waals surface area contributed by atoms with Gasteiger partial charge in [-0.3, -0.25) is 9.00 Å². The lowest BCUT2D eigenvalue weighted by atomic mass is 10.0. The van der Waals surface area contributed by atoms with Gasteiger partial charge < -0.3 is 9.52 Å². The molecule has 0 saturated heterocycles. The molecule has 2 aromatic rings. The summed E-state index contributed by atoms with van der Waals surface area (Å²) in [4.78, 5) is 22.8. The molecule has 23 heavy (non-hydrogen) atoms. The van der Waals surface area contributed by atoms with Crippen LogP contribution in [0.1, 0.15) is 52.0 Å². The van der Waals surface area contributed by atoms with Crippen LogP contribution in [0, 0.1) is 0 Å². The Labute approximate surface area is 136 Å². The minimum atomic E-state index is -1.45. The second kappa shape index (κ2) is 7.37. The number of benzene rings is 1. The Morgan fingerprint density at radius 3 is 2.30 bits per heavy atom. The van der Waals surface area contributed by atoms with Crippen molar-refractivity contribution >= 4 is 22.6 Å². The first-order chi connectivity index (χ1) is 10.9. The van der Waals surface area contributed by atoms with Gasteiger partial charge in [0.25, 0.3) is 0 Å². The summed E-state index contributed by atoms with van der Waals surface area (Å²) in [5.74, 6) is -1.01. The predicted molar refractivity (Wildman–Crippen MR) is 87.2 cm³/mol. The fourth-order valence-corrected chi connectivity index (χ4v) is 3.10. The van der Waals surface area contributed by atoms with Gasteiger partial charge in [0.15, 0.2) is 5.78 Å². The standard InChI is InChI=1S/C17H18O5S/c1-11(2)12-3-5-13(6-4-12)15(18)10-23(21)9-14-7-8-16(22-14)17(19)20/h3-8,11H,9-10H2,1-2H3,(H,19,20). The average molecular weight is 334 g/mol. The molecule has 0 radical (unpaired) electrons. The van der Waals surface area contributed by atoms with E-state index in [0.717, 1.165) is 5.56 Å². The molecule has 0 amide bonds. The summed E-state index contributed by atoms with van der Waals surface area (Å²) in [5, 5.41) is 8.76. The molecule has 0 spiro atoms. The van der Waals surface area contributed by atoms with Gasteiger partial charge in [0.05, 0.1) is 11.5 Å². The Morgan fingerprint density at radius 1 is 1.13 bits per heavy atom. The Kier molecular flexibility index (Phi) is 5.50. The summed E-state index contributed by atoms with van der Waals surface area (Å²) in [7, 11) is -1.45. The van der Waals surface area contributed by atoms with E-state index < -0.39 is 16.8 Å². The van der Waals surface area contributed by atoms with Crippen molar-refractivity contribution in [2.24, 2.45) is 0 Å². The molecule has 122 valence electrons. The van der Waals surface area contributed by atoms with Crippen LogP contribution in [0.5, 0.6) is 0 Å². The Morgan fingerprint density at radius 2 is 1.78 bits per heavy atom. The van der Waals surface area contributed by atoms with E-state index >= 15 is 0 Å². The van der Waals surface area contributed by atoms with Crippen molar-refractivity contribution in [2.45, 2.75) is 25.5 Å². The fraction of sp³-hybridized carbons (Fsp3) is 0.294. The summed E-state index contributed by atoms with van der Waals surface area (Å²) < 4.78 is 17.1. The number of aromatic carboxylic acids is 1. The fourth-order valence-electron chi connectivity index (χ4n) is 2.06. The maximum atomic E-state index is 12.1. The lowest BCUT2D eigenvalue weighted by molar-refractivity contribution is 0.0660. The number of ketones is 1. The summed E-state index contributed by atoms with van der Waals surface area (Å²) >= 11 is 0. The highest BCUT2D eigenvalue weighted by Crippen LogP contribution is 2.16. The second-order valence-corrected chi connectivity index (χ2v) is 6.96. The van der Waals surface area contributed by atoms with Crippen molar-refractivity contribution in [3.05, 3.63) is 59.0 Å². The van der Waals surface area contributed by atoms with E-state index in [9.17, 15) is 13.8 Å². The lowest BCUT2D eigenvalue weighted by Crippen LogP contribution is -2.12. The highest BCUT2D eigenvalue weighted by molar-refractivity contribution is 7.85. The minimum absolute atomic E-state index is 0.0170. The van der Waals surface area contributed by atoms with Crippen LogP contribution >= 0.6 is 0 Å². The van der Waals surface area contributed by atoms with E-state index in [1.54, 1.807) is 12.1 Å². The van der Waals surface area contributed by atoms with E-state index in [2.05, 4.69) is 13.8 Å². The van der Waals surface area contributed by atoms with Gasteiger partial charge >= 0.3 is 5.97 Å². The van der Waals surface area contributed by atoms with E-state index in [-0.39, 0.29) is 23.0 Å². The van der Waals surface area contributed by atoms with Crippen molar-refractivity contribution < 1.29 is 23.3 Å². The van der Waals surface area contributed by atoms with Crippen LogP contribution in [-0.2, 0) is 16.6 Å². The number of carbonyl (C=O) groups excluding carboxylic acids is 1. The number of hydrogen-bond acceptors (Lipinski definition) is 4. The molecule has 0 aliphatic carbocycles. The highest BCUT2D eigenvalue weighted by Gasteiger charge is 2.15. The number of Topliss-reactive ketones (excluding diaryl/α,β-unsaturated/α-hetero) is 1. The zero-order valence-corrected chi connectivity index (χ0v) is 13.8. The third kappa shape index (κ3) is 4.63. The molecule has 6 heteroatoms. The largest absolute Gasteiger partial charge is 0.475 e. The second-order valence-electron chi connectivity index (χ2n) is 5.50. The normalized spacial score (nSPS) is 12.3. The number of hydrogen-bond donors (Lipinski definition) is 1. The lowest BCUT2D eigenvalue weighted by Gasteiger charge is -2.06. The van der Waals surface area contributed by atoms with Gasteiger partial charge in [-0.05, 0) is 23.6 Å². The zero-order valence-electron chi connectivity index (χ0n) is 12.9. The number of rotatable bonds is 7. The summed E-state index contributed by atoms with van der Waals surface area (Å²) in [5.41, 5.74) is 1.66. The van der Waals surface area contributed by atoms with Crippen molar-refractivity contribution in [3.63, 3.8) is 0 Å². The molecule has 1 N–H and O–H groups in total. The third-order valence-corrected chi connectivity index (χ3v) is 4.56. The van der Waals surface area contributed by atoms with Crippen molar-refractivity contribution in [2.75, 3.05) is 5.75 Å². The van der Waals surface area contributed by atoms with E-state index in [1.807, 2.05) is 12.1 Å². The van der Waals surface area contributed by atoms with Crippen LogP contribution in [0.4, 0.5) is 0 Å². The summed E-state index contributed by atoms with van der Waals surface area (Å²) in [6, 6.07) is 10.0. The molecule has 5 nitrogen and oxygen atoms in total. The van der Waals surface area contributed by atoms with Crippen molar-refractivity contribution in [1.29, 1.82) is 0 Å². The molecule has 1 unspecified atom stereocenters. The maximum absolute atomic E-state index is 12.1. The molecule has 1 aromatic heterocycles. The van der Waals surface area contributed by atoms with Gasteiger partial charge in [-0.15, -0.1) is 0 Å². The maximum Gasteiger partial charge on any atom is 0.371 e. The molecule has 0 aliphatic heterocycles. The van der Waals surface area contributed by atoms with Gasteiger partial charge in [0.1, 0.15) is 5.76 Å². The van der Waals surface area contributed by atoms with Crippen molar-refractivity contribution in [1.82, 2.24) is 0 Å². The van der Waals surface area contributed by atoms with Crippen LogP contribution in [0.3, 0.4) is 0 Å². The number of carboxylic acids is 1. The van der Waals surface area contributed by atoms with Gasteiger partial charge in [-0.25, -0.2) is 4.79 Å². The third-order valence-electron chi connectivity index (χ3n) is 3.37. The van der Waals surface area contributed by atoms with Gasteiger partial charge in [0.2, 0.25) is 5.76 Å². The summed E-state index contributed by atoms with van der Waals surface area (Å²) in [6.07, 6.45) is 0. The monoisotopic (exact) mass is 334 g/mol. The van der Waals surface area contributed by atoms with E-state index in [4.69, 9.17) is 9.52 Å². The highest BCUT2D eigenvalue weighted by atomic mass is 32.2. The average Bonchev–Trinajstić information content (AvgIpc) is 2.95. The van der Waals surface area contributed by atoms with Crippen LogP contribution in [0.25, 0.3) is 0 Å². The van der Waals surface area contributed by atoms with Crippen LogP contribution in [0.2, 0.25) is 0 Å². The Bertz CT molecular complexity index is 728. The molecule has 0 aliphatic rings. The van der Waals surface area contributed by atoms with Crippen molar-refractivity contribution in [3.8, 4) is 0 Å². The van der Waals surface area contributed by atoms with E-state index in [1.165, 1.54) is 12.1 Å². The topological polar surface area (TPSA) is 84.6 Å². The SMILES string of the molecule is CC(C)c1ccc(C(=O)CS(=O)Cc2ccc(C(=O)O)o2)cc1. The van der Waals surface area contributed by atoms with Crippen LogP contribution in [0.15, 0.2) is 40.8 Å². The van der Waals surface area contributed by atoms with Gasteiger partial charge in [-0.1, -0.05) is 38.1 Å². The molecule has 0 saturated carbocycles. The van der Waals surface area contributed by atoms with Gasteiger partial charge in [-0.2, -0.15) is 0 Å². The predicted octanol–water partition coefficient (Wildman–Crippen LogP) is 3.23. The van der Waals surface area contributed by atoms with Gasteiger partial charge in [0, 0.05) is 16.4 Å². The molecule has 1 heterocycles. The Hall–Kier alpha value is -2.21. The first-order valence-corrected chi connectivity index (χ1v) is 8.65.